The van der Waals surface area contributed by atoms with Crippen molar-refractivity contribution in [3.05, 3.63) is 22.4 Å². The Hall–Kier alpha value is -1.44. The number of nitrogens with one attached hydrogen (secondary N) is 1. The number of nitrogens with zero attached hydrogens (tertiary/aromatic N) is 1. The lowest BCUT2D eigenvalue weighted by atomic mass is 10.00. The number of carbonyl (C=O) groups excluding carboxylic acids is 2. The van der Waals surface area contributed by atoms with Crippen LogP contribution in [0.3, 0.4) is 0 Å². The van der Waals surface area contributed by atoms with Crippen molar-refractivity contribution in [2.75, 3.05) is 26.3 Å². The Bertz CT molecular complexity index is 613. The van der Waals surface area contributed by atoms with E-state index in [2.05, 4.69) is 5.32 Å². The van der Waals surface area contributed by atoms with E-state index in [1.54, 1.807) is 11.0 Å². The molecule has 2 heterocycles. The molecule has 2 fully saturated rings. The number of amides is 2. The third-order valence-corrected chi connectivity index (χ3v) is 6.51. The molecule has 138 valence electrons. The molecule has 3 unspecified atom stereocenters. The van der Waals surface area contributed by atoms with Crippen LogP contribution in [-0.4, -0.2) is 59.3 Å². The van der Waals surface area contributed by atoms with Gasteiger partial charge in [0.2, 0.25) is 5.91 Å². The Labute approximate surface area is 151 Å². The molecule has 2 aliphatic rings. The van der Waals surface area contributed by atoms with Crippen molar-refractivity contribution in [3.63, 3.8) is 0 Å². The number of fused-ring (bicyclic) bond motifs is 1. The van der Waals surface area contributed by atoms with Gasteiger partial charge in [-0.3, -0.25) is 9.59 Å². The van der Waals surface area contributed by atoms with E-state index in [0.717, 1.165) is 0 Å². The molecule has 25 heavy (non-hydrogen) atoms. The van der Waals surface area contributed by atoms with Gasteiger partial charge >= 0.3 is 0 Å². The predicted molar refractivity (Wildman–Crippen MR) is 95.2 cm³/mol. The van der Waals surface area contributed by atoms with E-state index < -0.39 is 11.5 Å². The zero-order valence-corrected chi connectivity index (χ0v) is 15.5. The van der Waals surface area contributed by atoms with Gasteiger partial charge in [0.15, 0.2) is 0 Å². The molecular weight excluding hydrogens is 340 g/mol. The highest BCUT2D eigenvalue weighted by atomic mass is 32.1. The highest BCUT2D eigenvalue weighted by molar-refractivity contribution is 7.12. The van der Waals surface area contributed by atoms with Gasteiger partial charge in [-0.25, -0.2) is 0 Å². The quantitative estimate of drug-likeness (QED) is 0.670. The van der Waals surface area contributed by atoms with Crippen LogP contribution in [-0.2, 0) is 4.79 Å². The second kappa shape index (κ2) is 7.05. The second-order valence-electron chi connectivity index (χ2n) is 7.64. The van der Waals surface area contributed by atoms with Crippen LogP contribution in [0, 0.1) is 23.2 Å². The van der Waals surface area contributed by atoms with Gasteiger partial charge in [-0.15, -0.1) is 11.3 Å². The van der Waals surface area contributed by atoms with Crippen LogP contribution in [0.2, 0.25) is 0 Å². The minimum Gasteiger partial charge on any atom is -0.396 e. The molecule has 0 aromatic carbocycles. The summed E-state index contributed by atoms with van der Waals surface area (Å²) in [4.78, 5) is 27.7. The molecule has 7 heteroatoms. The molecule has 3 rings (SSSR count). The number of likely N-dealkylation sites (tertiary alicyclic amines) is 1. The molecule has 0 spiro atoms. The topological polar surface area (TPSA) is 89.9 Å². The fraction of sp³-hybridized carbons (Fsp3) is 0.667. The summed E-state index contributed by atoms with van der Waals surface area (Å²) in [5, 5.41) is 23.8. The Morgan fingerprint density at radius 1 is 1.32 bits per heavy atom. The van der Waals surface area contributed by atoms with Gasteiger partial charge in [0.25, 0.3) is 5.91 Å². The van der Waals surface area contributed by atoms with Crippen molar-refractivity contribution in [1.29, 1.82) is 0 Å². The molecule has 0 bridgehead atoms. The van der Waals surface area contributed by atoms with Crippen LogP contribution in [0.5, 0.6) is 0 Å². The predicted octanol–water partition coefficient (Wildman–Crippen LogP) is 0.952. The SMILES string of the molecule is CC(C)CC(NC(=O)c1cccs1)C(=O)N1CC2C(C1)C2(CO)CO. The summed E-state index contributed by atoms with van der Waals surface area (Å²) in [6.07, 6.45) is 0.590. The Balaban J connectivity index is 1.64. The lowest BCUT2D eigenvalue weighted by Crippen LogP contribution is -2.49. The summed E-state index contributed by atoms with van der Waals surface area (Å²) >= 11 is 1.36. The highest BCUT2D eigenvalue weighted by Gasteiger charge is 2.68. The summed E-state index contributed by atoms with van der Waals surface area (Å²) in [5.74, 6) is 0.344. The number of hydrogen-bond acceptors (Lipinski definition) is 5. The zero-order valence-electron chi connectivity index (χ0n) is 14.6. The Morgan fingerprint density at radius 2 is 1.96 bits per heavy atom. The first-order valence-electron chi connectivity index (χ1n) is 8.77. The van der Waals surface area contributed by atoms with Crippen molar-refractivity contribution >= 4 is 23.2 Å². The molecule has 1 aliphatic carbocycles. The molecule has 6 nitrogen and oxygen atoms in total. The summed E-state index contributed by atoms with van der Waals surface area (Å²) in [6, 6.07) is 3.03. The van der Waals surface area contributed by atoms with Crippen molar-refractivity contribution in [2.45, 2.75) is 26.3 Å². The number of rotatable bonds is 7. The van der Waals surface area contributed by atoms with Gasteiger partial charge in [-0.1, -0.05) is 19.9 Å². The molecule has 1 aromatic rings. The monoisotopic (exact) mass is 366 g/mol. The second-order valence-corrected chi connectivity index (χ2v) is 8.59. The first-order chi connectivity index (χ1) is 11.9. The van der Waals surface area contributed by atoms with Gasteiger partial charge in [0, 0.05) is 18.5 Å². The third kappa shape index (κ3) is 3.32. The van der Waals surface area contributed by atoms with Crippen LogP contribution in [0.1, 0.15) is 29.9 Å². The molecule has 3 N–H and O–H groups in total. The molecule has 1 aliphatic heterocycles. The van der Waals surface area contributed by atoms with Gasteiger partial charge in [-0.2, -0.15) is 0 Å². The standard InChI is InChI=1S/C18H26N2O4S/c1-11(2)6-14(19-16(23)15-4-3-5-25-15)17(24)20-7-12-13(8-20)18(12,9-21)10-22/h3-5,11-14,21-22H,6-10H2,1-2H3,(H,19,23). The van der Waals surface area contributed by atoms with Crippen molar-refractivity contribution < 1.29 is 19.8 Å². The van der Waals surface area contributed by atoms with Crippen LogP contribution in [0.4, 0.5) is 0 Å². The summed E-state index contributed by atoms with van der Waals surface area (Å²) in [6.45, 7) is 5.09. The molecule has 0 radical (unpaired) electrons. The van der Waals surface area contributed by atoms with E-state index in [-0.39, 0.29) is 42.8 Å². The van der Waals surface area contributed by atoms with Crippen LogP contribution in [0.15, 0.2) is 17.5 Å². The van der Waals surface area contributed by atoms with E-state index in [0.29, 0.717) is 24.4 Å². The lowest BCUT2D eigenvalue weighted by Gasteiger charge is -2.29. The van der Waals surface area contributed by atoms with Crippen LogP contribution in [0.25, 0.3) is 0 Å². The summed E-state index contributed by atoms with van der Waals surface area (Å²) < 4.78 is 0. The molecule has 3 atom stereocenters. The van der Waals surface area contributed by atoms with E-state index >= 15 is 0 Å². The third-order valence-electron chi connectivity index (χ3n) is 5.64. The first-order valence-corrected chi connectivity index (χ1v) is 9.65. The van der Waals surface area contributed by atoms with E-state index in [9.17, 15) is 19.8 Å². The maximum atomic E-state index is 12.9. The maximum absolute atomic E-state index is 12.9. The number of hydrogen-bond donors (Lipinski definition) is 3. The molecule has 1 saturated heterocycles. The molecule has 1 aromatic heterocycles. The average Bonchev–Trinajstić information content (AvgIpc) is 3.04. The molecule has 1 saturated carbocycles. The smallest absolute Gasteiger partial charge is 0.261 e. The fourth-order valence-corrected chi connectivity index (χ4v) is 4.71. The zero-order chi connectivity index (χ0) is 18.2. The highest BCUT2D eigenvalue weighted by Crippen LogP contribution is 2.62. The normalized spacial score (nSPS) is 24.9. The molecule has 2 amide bonds. The number of piperidine rings is 1. The van der Waals surface area contributed by atoms with Crippen molar-refractivity contribution in [2.24, 2.45) is 23.2 Å². The Morgan fingerprint density at radius 3 is 2.44 bits per heavy atom. The minimum atomic E-state index is -0.537. The van der Waals surface area contributed by atoms with Crippen LogP contribution < -0.4 is 5.32 Å². The fourth-order valence-electron chi connectivity index (χ4n) is 4.09. The summed E-state index contributed by atoms with van der Waals surface area (Å²) in [5.41, 5.74) is -0.412. The van der Waals surface area contributed by atoms with Gasteiger partial charge in [-0.05, 0) is 35.6 Å². The first kappa shape index (κ1) is 18.4. The van der Waals surface area contributed by atoms with Gasteiger partial charge in [0.1, 0.15) is 6.04 Å². The summed E-state index contributed by atoms with van der Waals surface area (Å²) in [7, 11) is 0. The van der Waals surface area contributed by atoms with E-state index in [1.165, 1.54) is 11.3 Å². The number of carbonyl (C=O) groups is 2. The van der Waals surface area contributed by atoms with Crippen LogP contribution >= 0.6 is 11.3 Å². The van der Waals surface area contributed by atoms with Gasteiger partial charge < -0.3 is 20.4 Å². The number of thiophene rings is 1. The van der Waals surface area contributed by atoms with Crippen molar-refractivity contribution in [3.8, 4) is 0 Å². The largest absolute Gasteiger partial charge is 0.396 e. The van der Waals surface area contributed by atoms with E-state index in [1.807, 2.05) is 25.3 Å². The minimum absolute atomic E-state index is 0.0363. The Kier molecular flexibility index (Phi) is 5.18. The lowest BCUT2D eigenvalue weighted by molar-refractivity contribution is -0.133. The van der Waals surface area contributed by atoms with Gasteiger partial charge in [0.05, 0.1) is 18.1 Å². The molecular formula is C18H26N2O4S. The van der Waals surface area contributed by atoms with Crippen molar-refractivity contribution in [1.82, 2.24) is 10.2 Å². The average molecular weight is 366 g/mol. The number of aliphatic hydroxyl groups excluding tert-OH is 2. The number of aliphatic hydroxyl groups is 2. The maximum Gasteiger partial charge on any atom is 0.261 e. The van der Waals surface area contributed by atoms with E-state index in [4.69, 9.17) is 0 Å².